The molecule has 206 valence electrons. The lowest BCUT2D eigenvalue weighted by Crippen LogP contribution is -2.32. The maximum Gasteiger partial charge on any atom is 0.412 e. The van der Waals surface area contributed by atoms with Crippen molar-refractivity contribution in [3.63, 3.8) is 0 Å². The van der Waals surface area contributed by atoms with Crippen LogP contribution in [0.5, 0.6) is 0 Å². The average molecular weight is 538 g/mol. The Morgan fingerprint density at radius 1 is 0.846 bits per heavy atom. The van der Waals surface area contributed by atoms with E-state index >= 15 is 0 Å². The monoisotopic (exact) mass is 537 g/mol. The van der Waals surface area contributed by atoms with Crippen LogP contribution in [0.15, 0.2) is 59.5 Å². The van der Waals surface area contributed by atoms with Crippen molar-refractivity contribution >= 4 is 23.7 Å². The smallest absolute Gasteiger partial charge is 0.412 e. The van der Waals surface area contributed by atoms with E-state index in [1.54, 1.807) is 47.6 Å². The molecule has 0 aliphatic rings. The van der Waals surface area contributed by atoms with Gasteiger partial charge in [0.25, 0.3) is 0 Å². The first kappa shape index (κ1) is 29.1. The molecular weight excluding hydrogens is 505 g/mol. The number of pyridine rings is 1. The summed E-state index contributed by atoms with van der Waals surface area (Å²) < 4.78 is 24.1. The molecule has 0 spiro atoms. The highest BCUT2D eigenvalue weighted by atomic mass is 19.1. The fourth-order valence-electron chi connectivity index (χ4n) is 3.61. The molecule has 3 rings (SSSR count). The molecule has 0 fully saturated rings. The Balaban J connectivity index is 2.08. The van der Waals surface area contributed by atoms with Gasteiger partial charge < -0.3 is 19.8 Å². The number of halogens is 1. The molecule has 1 aromatic heterocycles. The molecule has 1 heterocycles. The second-order valence-electron chi connectivity index (χ2n) is 10.8. The van der Waals surface area contributed by atoms with Crippen LogP contribution in [0, 0.1) is 5.82 Å². The minimum absolute atomic E-state index is 0.0813. The highest BCUT2D eigenvalue weighted by molar-refractivity contribution is 6.13. The third kappa shape index (κ3) is 8.53. The standard InChI is InChI=1S/C29H32FN3O6/c1-28(2,3)38-26(36)32-15-18-13-24(34)31-16-23(18)22-14-20(33-27(37)39-29(4,5)6)11-12-21(22)25(35)17-7-9-19(30)10-8-17/h7-14,16H,15H2,1-6H3,(H,31,34)(H,32,36)(H,33,37). The van der Waals surface area contributed by atoms with Gasteiger partial charge in [-0.3, -0.25) is 14.9 Å². The quantitative estimate of drug-likeness (QED) is 0.342. The largest absolute Gasteiger partial charge is 0.444 e. The average Bonchev–Trinajstić information content (AvgIpc) is 2.80. The van der Waals surface area contributed by atoms with Crippen LogP contribution in [0.1, 0.15) is 63.0 Å². The Morgan fingerprint density at radius 3 is 2.08 bits per heavy atom. The summed E-state index contributed by atoms with van der Waals surface area (Å²) in [6.07, 6.45) is 0.0404. The zero-order chi connectivity index (χ0) is 29.0. The van der Waals surface area contributed by atoms with Crippen LogP contribution in [-0.2, 0) is 16.0 Å². The van der Waals surface area contributed by atoms with Crippen molar-refractivity contribution in [2.24, 2.45) is 0 Å². The van der Waals surface area contributed by atoms with Crippen LogP contribution in [0.2, 0.25) is 0 Å². The van der Waals surface area contributed by atoms with Gasteiger partial charge in [-0.25, -0.2) is 14.0 Å². The van der Waals surface area contributed by atoms with E-state index in [0.717, 1.165) is 0 Å². The first-order valence-electron chi connectivity index (χ1n) is 12.2. The molecule has 0 radical (unpaired) electrons. The van der Waals surface area contributed by atoms with Gasteiger partial charge in [-0.1, -0.05) is 0 Å². The minimum Gasteiger partial charge on any atom is -0.444 e. The SMILES string of the molecule is CC(C)(C)OC(=O)NCc1cc(=O)[nH]cc1-c1cc(NC(=O)OC(C)(C)C)ccc1C(=O)c1ccc(F)cc1. The van der Waals surface area contributed by atoms with Gasteiger partial charge in [-0.2, -0.15) is 0 Å². The van der Waals surface area contributed by atoms with Gasteiger partial charge in [0.05, 0.1) is 0 Å². The Hall–Kier alpha value is -4.47. The van der Waals surface area contributed by atoms with Crippen molar-refractivity contribution in [1.29, 1.82) is 0 Å². The van der Waals surface area contributed by atoms with E-state index in [2.05, 4.69) is 15.6 Å². The lowest BCUT2D eigenvalue weighted by molar-refractivity contribution is 0.0522. The van der Waals surface area contributed by atoms with E-state index in [0.29, 0.717) is 22.4 Å². The zero-order valence-electron chi connectivity index (χ0n) is 22.7. The maximum absolute atomic E-state index is 13.5. The van der Waals surface area contributed by atoms with E-state index in [1.165, 1.54) is 48.7 Å². The van der Waals surface area contributed by atoms with Gasteiger partial charge in [-0.15, -0.1) is 0 Å². The van der Waals surface area contributed by atoms with Crippen molar-refractivity contribution in [2.75, 3.05) is 5.32 Å². The molecule has 10 heteroatoms. The third-order valence-corrected chi connectivity index (χ3v) is 5.14. The zero-order valence-corrected chi connectivity index (χ0v) is 22.7. The van der Waals surface area contributed by atoms with Crippen LogP contribution in [0.25, 0.3) is 11.1 Å². The van der Waals surface area contributed by atoms with Gasteiger partial charge in [-0.05, 0) is 95.1 Å². The number of ether oxygens (including phenoxy) is 2. The molecule has 0 aliphatic carbocycles. The second kappa shape index (κ2) is 11.5. The number of anilines is 1. The normalized spacial score (nSPS) is 11.5. The van der Waals surface area contributed by atoms with Crippen LogP contribution in [-0.4, -0.2) is 34.2 Å². The molecule has 3 N–H and O–H groups in total. The number of aromatic amines is 1. The summed E-state index contributed by atoms with van der Waals surface area (Å²) in [5.41, 5.74) is 0.0837. The van der Waals surface area contributed by atoms with E-state index in [-0.39, 0.29) is 17.7 Å². The Bertz CT molecular complexity index is 1430. The number of benzene rings is 2. The Morgan fingerprint density at radius 2 is 1.46 bits per heavy atom. The Labute approximate surface area is 225 Å². The fourth-order valence-corrected chi connectivity index (χ4v) is 3.61. The second-order valence-corrected chi connectivity index (χ2v) is 10.8. The number of aromatic nitrogens is 1. The van der Waals surface area contributed by atoms with Gasteiger partial charge in [0, 0.05) is 41.2 Å². The highest BCUT2D eigenvalue weighted by Gasteiger charge is 2.22. The van der Waals surface area contributed by atoms with Crippen LogP contribution in [0.4, 0.5) is 19.7 Å². The molecule has 3 aromatic rings. The predicted octanol–water partition coefficient (Wildman–Crippen LogP) is 5.78. The van der Waals surface area contributed by atoms with Crippen molar-refractivity contribution < 1.29 is 28.2 Å². The summed E-state index contributed by atoms with van der Waals surface area (Å²) in [6.45, 7) is 10.3. The number of nitrogens with one attached hydrogen (secondary N) is 3. The van der Waals surface area contributed by atoms with Crippen molar-refractivity contribution in [2.45, 2.75) is 59.3 Å². The lowest BCUT2D eigenvalue weighted by Gasteiger charge is -2.21. The molecule has 9 nitrogen and oxygen atoms in total. The first-order chi connectivity index (χ1) is 18.1. The summed E-state index contributed by atoms with van der Waals surface area (Å²) in [5.74, 6) is -0.897. The van der Waals surface area contributed by atoms with E-state index < -0.39 is 40.5 Å². The molecule has 2 aromatic carbocycles. The summed E-state index contributed by atoms with van der Waals surface area (Å²) >= 11 is 0. The van der Waals surface area contributed by atoms with Crippen LogP contribution < -0.4 is 16.2 Å². The number of carbonyl (C=O) groups excluding carboxylic acids is 3. The number of hydrogen-bond donors (Lipinski definition) is 3. The molecule has 0 saturated carbocycles. The maximum atomic E-state index is 13.5. The summed E-state index contributed by atoms with van der Waals surface area (Å²) in [6, 6.07) is 11.0. The molecule has 2 amide bonds. The van der Waals surface area contributed by atoms with E-state index in [4.69, 9.17) is 9.47 Å². The minimum atomic E-state index is -0.731. The number of hydrogen-bond acceptors (Lipinski definition) is 6. The van der Waals surface area contributed by atoms with Crippen molar-refractivity contribution in [3.05, 3.63) is 87.6 Å². The first-order valence-corrected chi connectivity index (χ1v) is 12.2. The molecule has 0 atom stereocenters. The highest BCUT2D eigenvalue weighted by Crippen LogP contribution is 2.31. The predicted molar refractivity (Wildman–Crippen MR) is 145 cm³/mol. The number of ketones is 1. The number of rotatable bonds is 6. The molecule has 0 aliphatic heterocycles. The number of H-pyrrole nitrogens is 1. The molecule has 0 unspecified atom stereocenters. The topological polar surface area (TPSA) is 127 Å². The Kier molecular flexibility index (Phi) is 8.58. The van der Waals surface area contributed by atoms with Gasteiger partial charge >= 0.3 is 12.2 Å². The fraction of sp³-hybridized carbons (Fsp3) is 0.310. The third-order valence-electron chi connectivity index (χ3n) is 5.14. The number of alkyl carbamates (subject to hydrolysis) is 1. The van der Waals surface area contributed by atoms with Gasteiger partial charge in [0.1, 0.15) is 17.0 Å². The summed E-state index contributed by atoms with van der Waals surface area (Å²) in [7, 11) is 0. The van der Waals surface area contributed by atoms with Gasteiger partial charge in [0.15, 0.2) is 5.78 Å². The van der Waals surface area contributed by atoms with Crippen molar-refractivity contribution in [1.82, 2.24) is 10.3 Å². The molecule has 0 bridgehead atoms. The number of carbonyl (C=O) groups is 3. The lowest BCUT2D eigenvalue weighted by atomic mass is 9.92. The molecule has 0 saturated heterocycles. The molecular formula is C29H32FN3O6. The molecule has 39 heavy (non-hydrogen) atoms. The van der Waals surface area contributed by atoms with E-state index in [1.807, 2.05) is 0 Å². The van der Waals surface area contributed by atoms with Crippen molar-refractivity contribution in [3.8, 4) is 11.1 Å². The van der Waals surface area contributed by atoms with E-state index in [9.17, 15) is 23.6 Å². The number of amides is 2. The van der Waals surface area contributed by atoms with Gasteiger partial charge in [0.2, 0.25) is 5.56 Å². The summed E-state index contributed by atoms with van der Waals surface area (Å²) in [5, 5.41) is 5.27. The summed E-state index contributed by atoms with van der Waals surface area (Å²) in [4.78, 5) is 52.9. The van der Waals surface area contributed by atoms with Crippen LogP contribution in [0.3, 0.4) is 0 Å². The van der Waals surface area contributed by atoms with Crippen LogP contribution >= 0.6 is 0 Å².